The number of carbonyl (C=O) groups excluding carboxylic acids is 1. The first-order valence-corrected chi connectivity index (χ1v) is 9.00. The van der Waals surface area contributed by atoms with Crippen LogP contribution in [-0.4, -0.2) is 39.3 Å². The summed E-state index contributed by atoms with van der Waals surface area (Å²) >= 11 is 1.53. The van der Waals surface area contributed by atoms with Crippen LogP contribution in [0.3, 0.4) is 0 Å². The van der Waals surface area contributed by atoms with Crippen LogP contribution in [0.5, 0.6) is 5.75 Å². The van der Waals surface area contributed by atoms with Crippen molar-refractivity contribution in [2.24, 2.45) is 0 Å². The van der Waals surface area contributed by atoms with Crippen molar-refractivity contribution in [2.45, 2.75) is 6.42 Å². The molecular weight excluding hydrogens is 350 g/mol. The molecule has 4 rings (SSSR count). The summed E-state index contributed by atoms with van der Waals surface area (Å²) in [7, 11) is 1.62. The van der Waals surface area contributed by atoms with Crippen LogP contribution in [0.15, 0.2) is 48.1 Å². The van der Waals surface area contributed by atoms with Crippen molar-refractivity contribution in [3.63, 3.8) is 0 Å². The van der Waals surface area contributed by atoms with Crippen LogP contribution in [0.25, 0.3) is 16.0 Å². The normalized spacial score (nSPS) is 11.0. The zero-order valence-electron chi connectivity index (χ0n) is 14.1. The van der Waals surface area contributed by atoms with Gasteiger partial charge in [0.2, 0.25) is 5.13 Å². The second kappa shape index (κ2) is 7.01. The van der Waals surface area contributed by atoms with E-state index in [0.717, 1.165) is 27.5 Å². The maximum Gasteiger partial charge on any atom is 0.267 e. The number of nitrogens with zero attached hydrogens (tertiary/aromatic N) is 3. The molecule has 0 radical (unpaired) electrons. The van der Waals surface area contributed by atoms with Gasteiger partial charge in [-0.25, -0.2) is 9.67 Å². The van der Waals surface area contributed by atoms with E-state index in [-0.39, 0.29) is 5.91 Å². The summed E-state index contributed by atoms with van der Waals surface area (Å²) in [4.78, 5) is 20.0. The molecule has 0 aliphatic rings. The lowest BCUT2D eigenvalue weighted by molar-refractivity contribution is 0.0950. The number of aromatic nitrogens is 4. The lowest BCUT2D eigenvalue weighted by Crippen LogP contribution is -2.26. The van der Waals surface area contributed by atoms with E-state index in [0.29, 0.717) is 18.7 Å². The Bertz CT molecular complexity index is 1040. The predicted molar refractivity (Wildman–Crippen MR) is 100 cm³/mol. The summed E-state index contributed by atoms with van der Waals surface area (Å²) in [6.45, 7) is 0.514. The molecule has 0 unspecified atom stereocenters. The Kier molecular flexibility index (Phi) is 4.40. The molecule has 0 bridgehead atoms. The molecule has 26 heavy (non-hydrogen) atoms. The van der Waals surface area contributed by atoms with Gasteiger partial charge in [0.25, 0.3) is 5.91 Å². The molecule has 4 aromatic rings. The van der Waals surface area contributed by atoms with E-state index in [9.17, 15) is 4.79 Å². The molecule has 0 aliphatic carbocycles. The maximum atomic E-state index is 12.3. The number of methoxy groups -OCH3 is 1. The van der Waals surface area contributed by atoms with Crippen LogP contribution in [0.4, 0.5) is 0 Å². The Morgan fingerprint density at radius 1 is 1.38 bits per heavy atom. The Labute approximate surface area is 153 Å². The fraction of sp³-hybridized carbons (Fsp3) is 0.167. The van der Waals surface area contributed by atoms with E-state index in [1.54, 1.807) is 18.0 Å². The molecule has 3 heterocycles. The van der Waals surface area contributed by atoms with Gasteiger partial charge in [-0.1, -0.05) is 0 Å². The third-order valence-corrected chi connectivity index (χ3v) is 4.86. The van der Waals surface area contributed by atoms with Gasteiger partial charge in [0.1, 0.15) is 11.4 Å². The summed E-state index contributed by atoms with van der Waals surface area (Å²) in [6, 6.07) is 9.36. The number of aromatic amines is 1. The van der Waals surface area contributed by atoms with Gasteiger partial charge >= 0.3 is 0 Å². The SMILES string of the molecule is COc1ccc2cc(C(=O)NCCc3csc(-n4cccn4)n3)[nH]c2c1. The van der Waals surface area contributed by atoms with Crippen LogP contribution in [0.2, 0.25) is 0 Å². The second-order valence-electron chi connectivity index (χ2n) is 5.71. The Balaban J connectivity index is 1.37. The minimum absolute atomic E-state index is 0.136. The van der Waals surface area contributed by atoms with E-state index < -0.39 is 0 Å². The molecular formula is C18H17N5O2S. The van der Waals surface area contributed by atoms with Crippen molar-refractivity contribution in [1.29, 1.82) is 0 Å². The minimum atomic E-state index is -0.136. The number of H-pyrrole nitrogens is 1. The zero-order chi connectivity index (χ0) is 17.9. The standard InChI is InChI=1S/C18H17N5O2S/c1-25-14-4-3-12-9-16(22-15(12)10-14)17(24)19-7-5-13-11-26-18(21-13)23-8-2-6-20-23/h2-4,6,8-11,22H,5,7H2,1H3,(H,19,24). The molecule has 132 valence electrons. The molecule has 0 saturated heterocycles. The minimum Gasteiger partial charge on any atom is -0.497 e. The van der Waals surface area contributed by atoms with Gasteiger partial charge in [0, 0.05) is 47.7 Å². The number of hydrogen-bond donors (Lipinski definition) is 2. The van der Waals surface area contributed by atoms with Crippen molar-refractivity contribution in [3.8, 4) is 10.9 Å². The number of ether oxygens (including phenoxy) is 1. The summed E-state index contributed by atoms with van der Waals surface area (Å²) in [6.07, 6.45) is 4.24. The lowest BCUT2D eigenvalue weighted by Gasteiger charge is -2.02. The van der Waals surface area contributed by atoms with Crippen LogP contribution in [0, 0.1) is 0 Å². The number of fused-ring (bicyclic) bond motifs is 1. The van der Waals surface area contributed by atoms with Crippen molar-refractivity contribution < 1.29 is 9.53 Å². The third kappa shape index (κ3) is 3.31. The number of thiazole rings is 1. The lowest BCUT2D eigenvalue weighted by atomic mass is 10.2. The number of carbonyl (C=O) groups is 1. The first-order chi connectivity index (χ1) is 12.7. The maximum absolute atomic E-state index is 12.3. The highest BCUT2D eigenvalue weighted by atomic mass is 32.1. The van der Waals surface area contributed by atoms with E-state index >= 15 is 0 Å². The van der Waals surface area contributed by atoms with Crippen LogP contribution in [-0.2, 0) is 6.42 Å². The third-order valence-electron chi connectivity index (χ3n) is 3.98. The molecule has 3 aromatic heterocycles. The first kappa shape index (κ1) is 16.3. The first-order valence-electron chi connectivity index (χ1n) is 8.12. The number of amides is 1. The predicted octanol–water partition coefficient (Wildman–Crippen LogP) is 2.79. The number of rotatable bonds is 6. The van der Waals surface area contributed by atoms with E-state index in [4.69, 9.17) is 4.74 Å². The largest absolute Gasteiger partial charge is 0.497 e. The molecule has 7 nitrogen and oxygen atoms in total. The van der Waals surface area contributed by atoms with Gasteiger partial charge < -0.3 is 15.0 Å². The molecule has 0 spiro atoms. The smallest absolute Gasteiger partial charge is 0.267 e. The van der Waals surface area contributed by atoms with Crippen LogP contribution >= 0.6 is 11.3 Å². The summed E-state index contributed by atoms with van der Waals surface area (Å²) < 4.78 is 6.93. The fourth-order valence-electron chi connectivity index (χ4n) is 2.65. The highest BCUT2D eigenvalue weighted by Gasteiger charge is 2.10. The number of benzene rings is 1. The van der Waals surface area contributed by atoms with E-state index in [2.05, 4.69) is 20.4 Å². The van der Waals surface area contributed by atoms with Crippen molar-refractivity contribution in [3.05, 3.63) is 59.5 Å². The van der Waals surface area contributed by atoms with Gasteiger partial charge in [-0.3, -0.25) is 4.79 Å². The summed E-state index contributed by atoms with van der Waals surface area (Å²) in [5, 5.41) is 10.9. The Morgan fingerprint density at radius 3 is 3.12 bits per heavy atom. The van der Waals surface area contributed by atoms with Crippen molar-refractivity contribution >= 4 is 28.1 Å². The molecule has 1 amide bonds. The second-order valence-corrected chi connectivity index (χ2v) is 6.55. The van der Waals surface area contributed by atoms with Crippen molar-refractivity contribution in [1.82, 2.24) is 25.1 Å². The van der Waals surface area contributed by atoms with Gasteiger partial charge in [-0.05, 0) is 24.3 Å². The highest BCUT2D eigenvalue weighted by molar-refractivity contribution is 7.12. The van der Waals surface area contributed by atoms with Crippen LogP contribution < -0.4 is 10.1 Å². The zero-order valence-corrected chi connectivity index (χ0v) is 14.9. The molecule has 0 fully saturated rings. The average Bonchev–Trinajstić information content (AvgIpc) is 3.39. The fourth-order valence-corrected chi connectivity index (χ4v) is 3.45. The van der Waals surface area contributed by atoms with Crippen LogP contribution in [0.1, 0.15) is 16.2 Å². The number of nitrogens with one attached hydrogen (secondary N) is 2. The van der Waals surface area contributed by atoms with E-state index in [1.807, 2.05) is 41.9 Å². The molecule has 0 saturated carbocycles. The Morgan fingerprint density at radius 2 is 2.31 bits per heavy atom. The van der Waals surface area contributed by atoms with Gasteiger partial charge in [0.15, 0.2) is 0 Å². The summed E-state index contributed by atoms with van der Waals surface area (Å²) in [5.41, 5.74) is 2.34. The van der Waals surface area contributed by atoms with Gasteiger partial charge in [-0.15, -0.1) is 11.3 Å². The molecule has 0 aliphatic heterocycles. The van der Waals surface area contributed by atoms with Gasteiger partial charge in [0.05, 0.1) is 12.8 Å². The highest BCUT2D eigenvalue weighted by Crippen LogP contribution is 2.21. The summed E-state index contributed by atoms with van der Waals surface area (Å²) in [5.74, 6) is 0.616. The monoisotopic (exact) mass is 367 g/mol. The van der Waals surface area contributed by atoms with E-state index in [1.165, 1.54) is 11.3 Å². The topological polar surface area (TPSA) is 84.8 Å². The quantitative estimate of drug-likeness (QED) is 0.549. The molecule has 0 atom stereocenters. The Hall–Kier alpha value is -3.13. The van der Waals surface area contributed by atoms with Gasteiger partial charge in [-0.2, -0.15) is 5.10 Å². The number of hydrogen-bond acceptors (Lipinski definition) is 5. The molecule has 1 aromatic carbocycles. The molecule has 2 N–H and O–H groups in total. The average molecular weight is 367 g/mol. The molecule has 8 heteroatoms. The van der Waals surface area contributed by atoms with Crippen molar-refractivity contribution in [2.75, 3.05) is 13.7 Å².